The molecule has 0 aromatic heterocycles. The second-order valence-corrected chi connectivity index (χ2v) is 4.36. The van der Waals surface area contributed by atoms with Crippen LogP contribution in [-0.4, -0.2) is 38.7 Å². The summed E-state index contributed by atoms with van der Waals surface area (Å²) in [4.78, 5) is 23.1. The van der Waals surface area contributed by atoms with Crippen LogP contribution in [0.5, 0.6) is 0 Å². The summed E-state index contributed by atoms with van der Waals surface area (Å²) in [5, 5.41) is 2.72. The van der Waals surface area contributed by atoms with Gasteiger partial charge in [-0.25, -0.2) is 4.79 Å². The fourth-order valence-corrected chi connectivity index (χ4v) is 1.61. The van der Waals surface area contributed by atoms with Crippen LogP contribution in [0.15, 0.2) is 18.2 Å². The molecule has 7 heteroatoms. The van der Waals surface area contributed by atoms with Crippen molar-refractivity contribution in [2.75, 3.05) is 32.6 Å². The molecule has 0 spiro atoms. The number of halogens is 1. The van der Waals surface area contributed by atoms with Gasteiger partial charge in [0.2, 0.25) is 0 Å². The van der Waals surface area contributed by atoms with Crippen molar-refractivity contribution in [3.05, 3.63) is 28.8 Å². The Balaban J connectivity index is 2.39. The molecule has 0 aliphatic heterocycles. The van der Waals surface area contributed by atoms with Gasteiger partial charge in [0.25, 0.3) is 5.91 Å². The lowest BCUT2D eigenvalue weighted by molar-refractivity contribution is -0.124. The van der Waals surface area contributed by atoms with E-state index in [-0.39, 0.29) is 28.8 Å². The molecule has 1 aromatic rings. The fourth-order valence-electron chi connectivity index (χ4n) is 1.41. The van der Waals surface area contributed by atoms with Crippen LogP contribution < -0.4 is 11.1 Å². The lowest BCUT2D eigenvalue weighted by Crippen LogP contribution is -2.30. The van der Waals surface area contributed by atoms with E-state index in [0.717, 1.165) is 0 Å². The quantitative estimate of drug-likeness (QED) is 0.449. The van der Waals surface area contributed by atoms with Gasteiger partial charge >= 0.3 is 5.97 Å². The van der Waals surface area contributed by atoms with Crippen LogP contribution in [0.25, 0.3) is 0 Å². The first-order chi connectivity index (χ1) is 9.56. The number of methoxy groups -OCH3 is 1. The molecule has 0 aliphatic rings. The van der Waals surface area contributed by atoms with Crippen molar-refractivity contribution < 1.29 is 19.1 Å². The average molecular weight is 301 g/mol. The summed E-state index contributed by atoms with van der Waals surface area (Å²) in [7, 11) is 1.58. The van der Waals surface area contributed by atoms with Crippen LogP contribution in [0.1, 0.15) is 16.8 Å². The number of benzene rings is 1. The second kappa shape index (κ2) is 8.39. The molecule has 0 atom stereocenters. The minimum absolute atomic E-state index is 0.123. The summed E-state index contributed by atoms with van der Waals surface area (Å²) in [6, 6.07) is 4.64. The van der Waals surface area contributed by atoms with Gasteiger partial charge in [-0.3, -0.25) is 4.79 Å². The van der Waals surface area contributed by atoms with Crippen molar-refractivity contribution in [1.29, 1.82) is 0 Å². The number of carbonyl (C=O) groups excluding carboxylic acids is 2. The molecule has 1 aromatic carbocycles. The normalized spacial score (nSPS) is 10.1. The van der Waals surface area contributed by atoms with Crippen molar-refractivity contribution >= 4 is 29.2 Å². The fraction of sp³-hybridized carbons (Fsp3) is 0.385. The minimum Gasteiger partial charge on any atom is -0.452 e. The molecule has 0 aliphatic carbocycles. The maximum Gasteiger partial charge on any atom is 0.340 e. The van der Waals surface area contributed by atoms with E-state index in [1.165, 1.54) is 6.07 Å². The second-order valence-electron chi connectivity index (χ2n) is 3.98. The van der Waals surface area contributed by atoms with Gasteiger partial charge in [0.05, 0.1) is 16.3 Å². The molecule has 0 radical (unpaired) electrons. The van der Waals surface area contributed by atoms with E-state index in [0.29, 0.717) is 19.6 Å². The zero-order valence-electron chi connectivity index (χ0n) is 11.1. The Labute approximate surface area is 122 Å². The number of carbonyl (C=O) groups is 2. The number of esters is 1. The zero-order chi connectivity index (χ0) is 15.0. The number of hydrogen-bond acceptors (Lipinski definition) is 5. The van der Waals surface area contributed by atoms with Crippen molar-refractivity contribution in [1.82, 2.24) is 5.32 Å². The molecule has 110 valence electrons. The number of nitrogens with two attached hydrogens (primary N) is 1. The third kappa shape index (κ3) is 5.07. The number of anilines is 1. The van der Waals surface area contributed by atoms with Crippen molar-refractivity contribution in [3.63, 3.8) is 0 Å². The van der Waals surface area contributed by atoms with Gasteiger partial charge < -0.3 is 20.5 Å². The largest absolute Gasteiger partial charge is 0.452 e. The first-order valence-corrected chi connectivity index (χ1v) is 6.40. The zero-order valence-corrected chi connectivity index (χ0v) is 11.9. The van der Waals surface area contributed by atoms with Crippen LogP contribution in [0.3, 0.4) is 0 Å². The number of amides is 1. The van der Waals surface area contributed by atoms with E-state index in [9.17, 15) is 9.59 Å². The molecule has 0 fully saturated rings. The number of hydrogen-bond donors (Lipinski definition) is 2. The predicted octanol–water partition coefficient (Wildman–Crippen LogP) is 1.23. The Kier molecular flexibility index (Phi) is 6.83. The molecule has 3 N–H and O–H groups in total. The minimum atomic E-state index is -0.686. The molecular weight excluding hydrogens is 284 g/mol. The summed E-state index contributed by atoms with van der Waals surface area (Å²) < 4.78 is 9.70. The van der Waals surface area contributed by atoms with Crippen LogP contribution in [0, 0.1) is 0 Å². The maximum atomic E-state index is 11.7. The van der Waals surface area contributed by atoms with Crippen LogP contribution >= 0.6 is 11.6 Å². The van der Waals surface area contributed by atoms with E-state index in [1.807, 2.05) is 0 Å². The lowest BCUT2D eigenvalue weighted by atomic mass is 10.2. The predicted molar refractivity (Wildman–Crippen MR) is 75.6 cm³/mol. The molecule has 20 heavy (non-hydrogen) atoms. The third-order valence-corrected chi connectivity index (χ3v) is 2.85. The summed E-state index contributed by atoms with van der Waals surface area (Å²) in [6.45, 7) is 0.652. The Bertz CT molecular complexity index is 479. The molecule has 0 heterocycles. The number of nitrogen functional groups attached to an aromatic ring is 1. The van der Waals surface area contributed by atoms with Crippen LogP contribution in [-0.2, 0) is 14.3 Å². The molecule has 1 rings (SSSR count). The third-order valence-electron chi connectivity index (χ3n) is 2.43. The number of nitrogens with one attached hydrogen (secondary N) is 1. The van der Waals surface area contributed by atoms with E-state index in [4.69, 9.17) is 26.8 Å². The standard InChI is InChI=1S/C13H17ClN2O4/c1-19-7-3-6-16-11(17)8-20-13(18)9-4-2-5-10(15)12(9)14/h2,4-5H,3,6-8,15H2,1H3,(H,16,17). The highest BCUT2D eigenvalue weighted by Gasteiger charge is 2.14. The van der Waals surface area contributed by atoms with Crippen molar-refractivity contribution in [2.24, 2.45) is 0 Å². The summed E-state index contributed by atoms with van der Waals surface area (Å²) in [5.41, 5.74) is 6.00. The van der Waals surface area contributed by atoms with Crippen molar-refractivity contribution in [3.8, 4) is 0 Å². The highest BCUT2D eigenvalue weighted by Crippen LogP contribution is 2.23. The van der Waals surface area contributed by atoms with E-state index in [2.05, 4.69) is 5.32 Å². The number of rotatable bonds is 7. The lowest BCUT2D eigenvalue weighted by Gasteiger charge is -2.08. The monoisotopic (exact) mass is 300 g/mol. The van der Waals surface area contributed by atoms with Crippen LogP contribution in [0.4, 0.5) is 5.69 Å². The topological polar surface area (TPSA) is 90.6 Å². The van der Waals surface area contributed by atoms with E-state index < -0.39 is 5.97 Å². The molecule has 1 amide bonds. The summed E-state index contributed by atoms with van der Waals surface area (Å²) in [6.07, 6.45) is 0.692. The van der Waals surface area contributed by atoms with Gasteiger partial charge in [-0.1, -0.05) is 17.7 Å². The summed E-state index contributed by atoms with van der Waals surface area (Å²) in [5.74, 6) is -1.07. The smallest absolute Gasteiger partial charge is 0.340 e. The summed E-state index contributed by atoms with van der Waals surface area (Å²) >= 11 is 5.88. The van der Waals surface area contributed by atoms with E-state index >= 15 is 0 Å². The van der Waals surface area contributed by atoms with Gasteiger partial charge in [-0.05, 0) is 18.6 Å². The van der Waals surface area contributed by atoms with Gasteiger partial charge in [0.15, 0.2) is 6.61 Å². The van der Waals surface area contributed by atoms with Crippen LogP contribution in [0.2, 0.25) is 5.02 Å². The molecule has 0 unspecified atom stereocenters. The average Bonchev–Trinajstić information content (AvgIpc) is 2.44. The van der Waals surface area contributed by atoms with Gasteiger partial charge in [-0.2, -0.15) is 0 Å². The van der Waals surface area contributed by atoms with Gasteiger partial charge in [-0.15, -0.1) is 0 Å². The maximum absolute atomic E-state index is 11.7. The molecule has 0 saturated heterocycles. The SMILES string of the molecule is COCCCNC(=O)COC(=O)c1cccc(N)c1Cl. The Morgan fingerprint density at radius 1 is 1.40 bits per heavy atom. The number of ether oxygens (including phenoxy) is 2. The highest BCUT2D eigenvalue weighted by molar-refractivity contribution is 6.36. The first-order valence-electron chi connectivity index (χ1n) is 6.03. The molecular formula is C13H17ClN2O4. The first kappa shape index (κ1) is 16.3. The molecule has 0 saturated carbocycles. The van der Waals surface area contributed by atoms with E-state index in [1.54, 1.807) is 19.2 Å². The highest BCUT2D eigenvalue weighted by atomic mass is 35.5. The van der Waals surface area contributed by atoms with Crippen molar-refractivity contribution in [2.45, 2.75) is 6.42 Å². The Morgan fingerprint density at radius 3 is 2.85 bits per heavy atom. The van der Waals surface area contributed by atoms with Gasteiger partial charge in [0.1, 0.15) is 0 Å². The molecule has 0 bridgehead atoms. The molecule has 6 nitrogen and oxygen atoms in total. The van der Waals surface area contributed by atoms with Gasteiger partial charge in [0, 0.05) is 20.3 Å². The Hall–Kier alpha value is -1.79. The Morgan fingerprint density at radius 2 is 2.15 bits per heavy atom.